The number of hydrogen-bond donors (Lipinski definition) is 1. The molecule has 0 aromatic heterocycles. The second-order valence-electron chi connectivity index (χ2n) is 8.43. The van der Waals surface area contributed by atoms with Crippen LogP contribution in [0.1, 0.15) is 41.0 Å². The molecule has 0 spiro atoms. The molecule has 1 aliphatic rings. The monoisotopic (exact) mass is 451 g/mol. The predicted octanol–water partition coefficient (Wildman–Crippen LogP) is 9.12. The van der Waals surface area contributed by atoms with E-state index in [1.807, 2.05) is 57.2 Å². The lowest BCUT2D eigenvalue weighted by Crippen LogP contribution is -2.41. The van der Waals surface area contributed by atoms with Gasteiger partial charge in [0, 0.05) is 5.70 Å². The molecular formula is C33H41N. The molecule has 0 saturated heterocycles. The van der Waals surface area contributed by atoms with Gasteiger partial charge in [0.1, 0.15) is 0 Å². The van der Waals surface area contributed by atoms with Crippen molar-refractivity contribution in [1.29, 1.82) is 0 Å². The molecule has 1 rings (SSSR count). The van der Waals surface area contributed by atoms with E-state index in [4.69, 9.17) is 0 Å². The Morgan fingerprint density at radius 3 is 2.18 bits per heavy atom. The molecular weight excluding hydrogens is 410 g/mol. The van der Waals surface area contributed by atoms with Gasteiger partial charge in [-0.1, -0.05) is 123 Å². The van der Waals surface area contributed by atoms with E-state index in [0.717, 1.165) is 34.4 Å². The summed E-state index contributed by atoms with van der Waals surface area (Å²) < 4.78 is 0. The van der Waals surface area contributed by atoms with E-state index in [-0.39, 0.29) is 0 Å². The average molecular weight is 452 g/mol. The molecule has 0 bridgehead atoms. The highest BCUT2D eigenvalue weighted by Gasteiger charge is 2.25. The minimum Gasteiger partial charge on any atom is -0.372 e. The Labute approximate surface area is 208 Å². The Morgan fingerprint density at radius 1 is 0.912 bits per heavy atom. The minimum absolute atomic E-state index is 0.513. The molecule has 178 valence electrons. The summed E-state index contributed by atoms with van der Waals surface area (Å²) in [6, 6.07) is 0. The SMILES string of the molecule is C=C(C)/C=C\C(=C)C(=C)/C=C\C(=C)C(C)(/C=C\C=C/C)N/C(=C/C)C1=C(/C=C\C)C=CC=CC1. The van der Waals surface area contributed by atoms with Crippen LogP contribution in [-0.2, 0) is 0 Å². The van der Waals surface area contributed by atoms with E-state index in [1.165, 1.54) is 11.1 Å². The Morgan fingerprint density at radius 2 is 1.59 bits per heavy atom. The smallest absolute Gasteiger partial charge is 0.0778 e. The summed E-state index contributed by atoms with van der Waals surface area (Å²) in [5.41, 5.74) is 6.58. The highest BCUT2D eigenvalue weighted by atomic mass is 15.0. The molecule has 1 aliphatic carbocycles. The number of hydrogen-bond acceptors (Lipinski definition) is 1. The fraction of sp³-hybridized carbons (Fsp3) is 0.212. The van der Waals surface area contributed by atoms with E-state index in [2.05, 4.69) is 100 Å². The van der Waals surface area contributed by atoms with Gasteiger partial charge in [-0.05, 0) is 68.9 Å². The van der Waals surface area contributed by atoms with Gasteiger partial charge in [0.05, 0.1) is 5.54 Å². The van der Waals surface area contributed by atoms with E-state index < -0.39 is 5.54 Å². The molecule has 0 aromatic carbocycles. The Hall–Kier alpha value is -3.58. The minimum atomic E-state index is -0.513. The predicted molar refractivity (Wildman–Crippen MR) is 155 cm³/mol. The summed E-state index contributed by atoms with van der Waals surface area (Å²) in [5.74, 6) is 0. The topological polar surface area (TPSA) is 12.0 Å². The van der Waals surface area contributed by atoms with Crippen LogP contribution in [0.2, 0.25) is 0 Å². The summed E-state index contributed by atoms with van der Waals surface area (Å²) in [5, 5.41) is 3.77. The summed E-state index contributed by atoms with van der Waals surface area (Å²) in [6.45, 7) is 26.8. The first-order valence-corrected chi connectivity index (χ1v) is 11.7. The van der Waals surface area contributed by atoms with Crippen molar-refractivity contribution < 1.29 is 0 Å². The zero-order valence-electron chi connectivity index (χ0n) is 21.7. The summed E-state index contributed by atoms with van der Waals surface area (Å²) in [6.07, 6.45) is 31.8. The van der Waals surface area contributed by atoms with Crippen molar-refractivity contribution in [2.45, 2.75) is 46.6 Å². The fourth-order valence-electron chi connectivity index (χ4n) is 3.26. The second-order valence-corrected chi connectivity index (χ2v) is 8.43. The second kappa shape index (κ2) is 14.5. The third-order valence-corrected chi connectivity index (χ3v) is 5.42. The van der Waals surface area contributed by atoms with Gasteiger partial charge in [-0.15, -0.1) is 0 Å². The Bertz CT molecular complexity index is 1050. The van der Waals surface area contributed by atoms with Gasteiger partial charge in [-0.3, -0.25) is 0 Å². The van der Waals surface area contributed by atoms with E-state index in [1.54, 1.807) is 0 Å². The van der Waals surface area contributed by atoms with Gasteiger partial charge >= 0.3 is 0 Å². The van der Waals surface area contributed by atoms with Crippen molar-refractivity contribution in [1.82, 2.24) is 5.32 Å². The van der Waals surface area contributed by atoms with Crippen LogP contribution in [0.4, 0.5) is 0 Å². The van der Waals surface area contributed by atoms with Crippen LogP contribution in [0.15, 0.2) is 157 Å². The lowest BCUT2D eigenvalue weighted by Gasteiger charge is -2.32. The maximum absolute atomic E-state index is 4.40. The van der Waals surface area contributed by atoms with Crippen LogP contribution in [-0.4, -0.2) is 5.54 Å². The molecule has 1 atom stereocenters. The zero-order valence-corrected chi connectivity index (χ0v) is 21.7. The van der Waals surface area contributed by atoms with Gasteiger partial charge in [0.15, 0.2) is 0 Å². The first-order valence-electron chi connectivity index (χ1n) is 11.7. The van der Waals surface area contributed by atoms with E-state index in [0.29, 0.717) is 0 Å². The van der Waals surface area contributed by atoms with Gasteiger partial charge in [0.25, 0.3) is 0 Å². The molecule has 1 nitrogen and oxygen atoms in total. The van der Waals surface area contributed by atoms with Gasteiger partial charge in [-0.25, -0.2) is 0 Å². The maximum atomic E-state index is 4.40. The van der Waals surface area contributed by atoms with Crippen molar-refractivity contribution >= 4 is 0 Å². The first-order chi connectivity index (χ1) is 16.2. The van der Waals surface area contributed by atoms with Crippen LogP contribution in [0, 0.1) is 0 Å². The number of nitrogens with one attached hydrogen (secondary N) is 1. The molecule has 0 fully saturated rings. The van der Waals surface area contributed by atoms with Crippen molar-refractivity contribution in [2.24, 2.45) is 0 Å². The van der Waals surface area contributed by atoms with Gasteiger partial charge < -0.3 is 5.32 Å². The van der Waals surface area contributed by atoms with Gasteiger partial charge in [0.2, 0.25) is 0 Å². The zero-order chi connectivity index (χ0) is 25.6. The van der Waals surface area contributed by atoms with Gasteiger partial charge in [-0.2, -0.15) is 0 Å². The van der Waals surface area contributed by atoms with Crippen molar-refractivity contribution in [3.8, 4) is 0 Å². The molecule has 0 heterocycles. The quantitative estimate of drug-likeness (QED) is 0.292. The molecule has 0 amide bonds. The van der Waals surface area contributed by atoms with Crippen molar-refractivity contribution in [2.75, 3.05) is 0 Å². The lowest BCUT2D eigenvalue weighted by molar-refractivity contribution is 0.572. The fourth-order valence-corrected chi connectivity index (χ4v) is 3.26. The largest absolute Gasteiger partial charge is 0.372 e. The molecule has 1 unspecified atom stereocenters. The van der Waals surface area contributed by atoms with Crippen LogP contribution in [0.5, 0.6) is 0 Å². The van der Waals surface area contributed by atoms with Crippen LogP contribution < -0.4 is 5.32 Å². The van der Waals surface area contributed by atoms with Crippen LogP contribution >= 0.6 is 0 Å². The highest BCUT2D eigenvalue weighted by molar-refractivity contribution is 5.51. The molecule has 34 heavy (non-hydrogen) atoms. The van der Waals surface area contributed by atoms with E-state index in [9.17, 15) is 0 Å². The molecule has 1 N–H and O–H groups in total. The third kappa shape index (κ3) is 9.11. The van der Waals surface area contributed by atoms with Crippen LogP contribution in [0.3, 0.4) is 0 Å². The number of rotatable bonds is 12. The standard InChI is InChI=1S/C33H41N/c1-10-13-17-25-33(9,29(8)24-23-28(7)27(6)22-21-26(4)5)34-32(12-3)31-20-16-14-15-19-30(31)18-11-2/h10-19,21-25,34H,4,6-8,20H2,1-3,5,9H3/b13-10-,18-11-,22-21-,24-23-,25-17-,32-12+. The van der Waals surface area contributed by atoms with Crippen molar-refractivity contribution in [3.05, 3.63) is 157 Å². The maximum Gasteiger partial charge on any atom is 0.0778 e. The lowest BCUT2D eigenvalue weighted by atomic mass is 9.89. The molecule has 0 aromatic rings. The normalized spacial score (nSPS) is 16.8. The first kappa shape index (κ1) is 28.5. The molecule has 1 heteroatoms. The highest BCUT2D eigenvalue weighted by Crippen LogP contribution is 2.28. The summed E-state index contributed by atoms with van der Waals surface area (Å²) in [4.78, 5) is 0. The Kier molecular flexibility index (Phi) is 12.2. The van der Waals surface area contributed by atoms with Crippen LogP contribution in [0.25, 0.3) is 0 Å². The van der Waals surface area contributed by atoms with E-state index >= 15 is 0 Å². The summed E-state index contributed by atoms with van der Waals surface area (Å²) >= 11 is 0. The molecule has 0 saturated carbocycles. The summed E-state index contributed by atoms with van der Waals surface area (Å²) in [7, 11) is 0. The Balaban J connectivity index is 3.32. The van der Waals surface area contributed by atoms with Crippen molar-refractivity contribution in [3.63, 3.8) is 0 Å². The molecule has 0 radical (unpaired) electrons. The third-order valence-electron chi connectivity index (χ3n) is 5.42. The average Bonchev–Trinajstić information content (AvgIpc) is 3.05. The molecule has 0 aliphatic heterocycles. The number of allylic oxidation sites excluding steroid dienone is 18.